The summed E-state index contributed by atoms with van der Waals surface area (Å²) in [5.74, 6) is -0.797. The summed E-state index contributed by atoms with van der Waals surface area (Å²) >= 11 is 5.55. The standard InChI is InChI=1S/C17H17ClF3N3O2/c1-10-7-24(8-11(2)26-10)9-12(6-22)16(25)23-13-3-4-15(18)14(5-13)17(19,20)21/h3-5,9-11H,7-8H2,1-2H3,(H,23,25)/b12-9-. The number of carbonyl (C=O) groups is 1. The van der Waals surface area contributed by atoms with E-state index in [4.69, 9.17) is 16.3 Å². The molecular weight excluding hydrogens is 371 g/mol. The molecule has 1 aromatic rings. The topological polar surface area (TPSA) is 65.4 Å². The summed E-state index contributed by atoms with van der Waals surface area (Å²) in [6.45, 7) is 4.74. The van der Waals surface area contributed by atoms with Crippen LogP contribution in [0.15, 0.2) is 30.0 Å². The normalized spacial score (nSPS) is 21.3. The highest BCUT2D eigenvalue weighted by Crippen LogP contribution is 2.36. The van der Waals surface area contributed by atoms with Crippen molar-refractivity contribution in [3.63, 3.8) is 0 Å². The van der Waals surface area contributed by atoms with Crippen LogP contribution in [0.4, 0.5) is 18.9 Å². The minimum atomic E-state index is -4.65. The molecule has 0 bridgehead atoms. The number of amides is 1. The van der Waals surface area contributed by atoms with Gasteiger partial charge >= 0.3 is 6.18 Å². The number of nitrogens with one attached hydrogen (secondary N) is 1. The van der Waals surface area contributed by atoms with Gasteiger partial charge in [0.05, 0.1) is 22.8 Å². The van der Waals surface area contributed by atoms with Gasteiger partial charge in [-0.15, -0.1) is 0 Å². The van der Waals surface area contributed by atoms with E-state index < -0.39 is 22.7 Å². The first-order chi connectivity index (χ1) is 12.1. The molecule has 0 aromatic heterocycles. The number of morpholine rings is 1. The lowest BCUT2D eigenvalue weighted by Crippen LogP contribution is -2.43. The Labute approximate surface area is 154 Å². The number of anilines is 1. The van der Waals surface area contributed by atoms with Gasteiger partial charge in [-0.2, -0.15) is 18.4 Å². The van der Waals surface area contributed by atoms with Crippen molar-refractivity contribution >= 4 is 23.2 Å². The van der Waals surface area contributed by atoms with Gasteiger partial charge in [-0.1, -0.05) is 11.6 Å². The van der Waals surface area contributed by atoms with Crippen LogP contribution in [-0.2, 0) is 15.7 Å². The maximum Gasteiger partial charge on any atom is 0.417 e. The third kappa shape index (κ3) is 5.13. The largest absolute Gasteiger partial charge is 0.417 e. The van der Waals surface area contributed by atoms with E-state index in [9.17, 15) is 23.2 Å². The van der Waals surface area contributed by atoms with Crippen molar-refractivity contribution in [2.24, 2.45) is 0 Å². The molecule has 1 aliphatic heterocycles. The van der Waals surface area contributed by atoms with Gasteiger partial charge in [0.1, 0.15) is 11.6 Å². The van der Waals surface area contributed by atoms with E-state index in [0.29, 0.717) is 13.1 Å². The number of hydrogen-bond donors (Lipinski definition) is 1. The predicted molar refractivity (Wildman–Crippen MR) is 90.4 cm³/mol. The molecule has 1 N–H and O–H groups in total. The van der Waals surface area contributed by atoms with Crippen LogP contribution >= 0.6 is 11.6 Å². The first-order valence-corrected chi connectivity index (χ1v) is 8.17. The SMILES string of the molecule is CC1CN(/C=C(/C#N)C(=O)Nc2ccc(Cl)c(C(F)(F)F)c2)CC(C)O1. The van der Waals surface area contributed by atoms with Gasteiger partial charge in [0.15, 0.2) is 0 Å². The third-order valence-corrected chi connectivity index (χ3v) is 3.98. The first-order valence-electron chi connectivity index (χ1n) is 7.79. The molecule has 140 valence electrons. The van der Waals surface area contributed by atoms with Gasteiger partial charge in [0.2, 0.25) is 0 Å². The lowest BCUT2D eigenvalue weighted by atomic mass is 10.1. The van der Waals surface area contributed by atoms with Gasteiger partial charge in [-0.05, 0) is 32.0 Å². The summed E-state index contributed by atoms with van der Waals surface area (Å²) in [6.07, 6.45) is -3.38. The molecule has 1 amide bonds. The van der Waals surface area contributed by atoms with Gasteiger partial charge in [0, 0.05) is 25.0 Å². The Hall–Kier alpha value is -2.24. The fourth-order valence-corrected chi connectivity index (χ4v) is 2.89. The van der Waals surface area contributed by atoms with Crippen LogP contribution in [0.1, 0.15) is 19.4 Å². The molecule has 0 saturated carbocycles. The third-order valence-electron chi connectivity index (χ3n) is 3.65. The van der Waals surface area contributed by atoms with Crippen molar-refractivity contribution in [2.45, 2.75) is 32.2 Å². The van der Waals surface area contributed by atoms with Crippen molar-refractivity contribution in [2.75, 3.05) is 18.4 Å². The summed E-state index contributed by atoms with van der Waals surface area (Å²) in [5.41, 5.74) is -1.37. The first kappa shape index (κ1) is 20.1. The van der Waals surface area contributed by atoms with E-state index in [1.807, 2.05) is 13.8 Å². The molecule has 1 heterocycles. The summed E-state index contributed by atoms with van der Waals surface area (Å²) < 4.78 is 44.3. The molecule has 5 nitrogen and oxygen atoms in total. The van der Waals surface area contributed by atoms with Gasteiger partial charge in [-0.3, -0.25) is 4.79 Å². The average Bonchev–Trinajstić information content (AvgIpc) is 2.52. The van der Waals surface area contributed by atoms with Gasteiger partial charge in [0.25, 0.3) is 5.91 Å². The molecule has 2 unspecified atom stereocenters. The molecule has 1 saturated heterocycles. The molecule has 2 atom stereocenters. The number of rotatable bonds is 3. The second-order valence-electron chi connectivity index (χ2n) is 6.01. The number of nitriles is 1. The Balaban J connectivity index is 2.17. The van der Waals surface area contributed by atoms with Crippen molar-refractivity contribution in [3.05, 3.63) is 40.6 Å². The van der Waals surface area contributed by atoms with Crippen molar-refractivity contribution in [1.82, 2.24) is 4.90 Å². The second-order valence-corrected chi connectivity index (χ2v) is 6.42. The number of benzene rings is 1. The monoisotopic (exact) mass is 387 g/mol. The van der Waals surface area contributed by atoms with Gasteiger partial charge < -0.3 is 15.0 Å². The minimum absolute atomic E-state index is 0.0661. The zero-order chi connectivity index (χ0) is 19.5. The number of nitrogens with zero attached hydrogens (tertiary/aromatic N) is 2. The molecule has 9 heteroatoms. The molecule has 1 aliphatic rings. The van der Waals surface area contributed by atoms with E-state index in [2.05, 4.69) is 5.32 Å². The lowest BCUT2D eigenvalue weighted by Gasteiger charge is -2.34. The quantitative estimate of drug-likeness (QED) is 0.632. The Morgan fingerprint density at radius 1 is 1.38 bits per heavy atom. The lowest BCUT2D eigenvalue weighted by molar-refractivity contribution is -0.137. The van der Waals surface area contributed by atoms with Crippen LogP contribution in [-0.4, -0.2) is 36.1 Å². The van der Waals surface area contributed by atoms with Crippen molar-refractivity contribution < 1.29 is 22.7 Å². The molecule has 26 heavy (non-hydrogen) atoms. The highest BCUT2D eigenvalue weighted by Gasteiger charge is 2.33. The molecule has 1 fully saturated rings. The smallest absolute Gasteiger partial charge is 0.372 e. The Bertz CT molecular complexity index is 749. The number of alkyl halides is 3. The van der Waals surface area contributed by atoms with Crippen LogP contribution in [0.3, 0.4) is 0 Å². The number of halogens is 4. The Kier molecular flexibility index (Phi) is 6.16. The maximum atomic E-state index is 12.9. The summed E-state index contributed by atoms with van der Waals surface area (Å²) in [7, 11) is 0. The minimum Gasteiger partial charge on any atom is -0.372 e. The van der Waals surface area contributed by atoms with Crippen molar-refractivity contribution in [3.8, 4) is 6.07 Å². The molecule has 0 spiro atoms. The molecule has 2 rings (SSSR count). The van der Waals surface area contributed by atoms with Crippen LogP contribution in [0.25, 0.3) is 0 Å². The van der Waals surface area contributed by atoms with E-state index in [1.54, 1.807) is 11.0 Å². The maximum absolute atomic E-state index is 12.9. The van der Waals surface area contributed by atoms with Crippen LogP contribution in [0.2, 0.25) is 5.02 Å². The molecular formula is C17H17ClF3N3O2. The fourth-order valence-electron chi connectivity index (χ4n) is 2.66. The van der Waals surface area contributed by atoms with Crippen LogP contribution < -0.4 is 5.32 Å². The number of carbonyl (C=O) groups excluding carboxylic acids is 1. The second kappa shape index (κ2) is 7.98. The van der Waals surface area contributed by atoms with E-state index >= 15 is 0 Å². The number of ether oxygens (including phenoxy) is 1. The highest BCUT2D eigenvalue weighted by molar-refractivity contribution is 6.31. The molecule has 1 aromatic carbocycles. The summed E-state index contributed by atoms with van der Waals surface area (Å²) in [6, 6.07) is 4.79. The van der Waals surface area contributed by atoms with E-state index in [1.165, 1.54) is 12.3 Å². The Morgan fingerprint density at radius 3 is 2.54 bits per heavy atom. The zero-order valence-corrected chi connectivity index (χ0v) is 14.9. The summed E-state index contributed by atoms with van der Waals surface area (Å²) in [5, 5.41) is 11.1. The van der Waals surface area contributed by atoms with Crippen LogP contribution in [0, 0.1) is 11.3 Å². The molecule has 0 radical (unpaired) electrons. The fraction of sp³-hybridized carbons (Fsp3) is 0.412. The van der Waals surface area contributed by atoms with Gasteiger partial charge in [-0.25, -0.2) is 0 Å². The number of hydrogen-bond acceptors (Lipinski definition) is 4. The van der Waals surface area contributed by atoms with E-state index in [-0.39, 0.29) is 23.5 Å². The zero-order valence-electron chi connectivity index (χ0n) is 14.1. The van der Waals surface area contributed by atoms with Crippen LogP contribution in [0.5, 0.6) is 0 Å². The highest BCUT2D eigenvalue weighted by atomic mass is 35.5. The average molecular weight is 388 g/mol. The molecule has 0 aliphatic carbocycles. The van der Waals surface area contributed by atoms with Crippen molar-refractivity contribution in [1.29, 1.82) is 5.26 Å². The Morgan fingerprint density at radius 2 is 2.00 bits per heavy atom. The van der Waals surface area contributed by atoms with E-state index in [0.717, 1.165) is 12.1 Å². The predicted octanol–water partition coefficient (Wildman–Crippen LogP) is 3.81. The summed E-state index contributed by atoms with van der Waals surface area (Å²) in [4.78, 5) is 14.0.